The zero-order valence-corrected chi connectivity index (χ0v) is 16.5. The van der Waals surface area contributed by atoms with Crippen LogP contribution in [0.5, 0.6) is 0 Å². The molecule has 144 valence electrons. The Labute approximate surface area is 154 Å². The molecule has 0 N–H and O–H groups in total. The summed E-state index contributed by atoms with van der Waals surface area (Å²) < 4.78 is 41.8. The van der Waals surface area contributed by atoms with Crippen LogP contribution in [0.25, 0.3) is 11.4 Å². The number of halogens is 1. The van der Waals surface area contributed by atoms with Crippen molar-refractivity contribution in [1.29, 1.82) is 0 Å². The largest absolute Gasteiger partial charge is 0.339 e. The van der Waals surface area contributed by atoms with Gasteiger partial charge in [0.1, 0.15) is 15.7 Å². The molecule has 0 saturated carbocycles. The topological polar surface area (TPSA) is 76.3 Å². The zero-order valence-electron chi connectivity index (χ0n) is 15.7. The Morgan fingerprint density at radius 3 is 2.69 bits per heavy atom. The van der Waals surface area contributed by atoms with Gasteiger partial charge in [0.2, 0.25) is 11.7 Å². The molecule has 0 radical (unpaired) electrons. The van der Waals surface area contributed by atoms with Gasteiger partial charge in [0.05, 0.1) is 5.75 Å². The molecule has 1 atom stereocenters. The minimum atomic E-state index is -3.00. The van der Waals surface area contributed by atoms with Gasteiger partial charge in [0.25, 0.3) is 0 Å². The van der Waals surface area contributed by atoms with Crippen LogP contribution in [0.15, 0.2) is 22.7 Å². The molecule has 6 nitrogen and oxygen atoms in total. The van der Waals surface area contributed by atoms with Crippen molar-refractivity contribution >= 4 is 9.84 Å². The maximum atomic E-state index is 13.7. The van der Waals surface area contributed by atoms with E-state index in [1.165, 1.54) is 12.3 Å². The number of rotatable bonds is 9. The van der Waals surface area contributed by atoms with E-state index < -0.39 is 9.84 Å². The summed E-state index contributed by atoms with van der Waals surface area (Å²) in [6, 6.07) is 4.81. The van der Waals surface area contributed by atoms with Gasteiger partial charge < -0.3 is 4.52 Å². The third-order valence-corrected chi connectivity index (χ3v) is 5.40. The molecule has 0 fully saturated rings. The molecular weight excluding hydrogens is 357 g/mol. The van der Waals surface area contributed by atoms with Crippen molar-refractivity contribution in [3.63, 3.8) is 0 Å². The molecular formula is C18H26FN3O3S. The fourth-order valence-corrected chi connectivity index (χ4v) is 3.96. The van der Waals surface area contributed by atoms with Crippen molar-refractivity contribution < 1.29 is 17.3 Å². The van der Waals surface area contributed by atoms with Gasteiger partial charge in [0.15, 0.2) is 0 Å². The number of hydrogen-bond acceptors (Lipinski definition) is 6. The van der Waals surface area contributed by atoms with Crippen molar-refractivity contribution in [2.45, 2.75) is 39.7 Å². The molecule has 1 unspecified atom stereocenters. The molecule has 1 aromatic heterocycles. The molecule has 1 heterocycles. The molecule has 0 spiro atoms. The summed E-state index contributed by atoms with van der Waals surface area (Å²) in [5.41, 5.74) is 1.15. The fraction of sp³-hybridized carbons (Fsp3) is 0.556. The maximum Gasteiger partial charge on any atom is 0.227 e. The first kappa shape index (κ1) is 20.5. The van der Waals surface area contributed by atoms with E-state index in [2.05, 4.69) is 15.0 Å². The minimum Gasteiger partial charge on any atom is -0.339 e. The second-order valence-corrected chi connectivity index (χ2v) is 8.83. The molecule has 0 aliphatic heterocycles. The maximum absolute atomic E-state index is 13.7. The van der Waals surface area contributed by atoms with E-state index in [-0.39, 0.29) is 17.6 Å². The number of sulfone groups is 1. The Morgan fingerprint density at radius 1 is 1.35 bits per heavy atom. The highest BCUT2D eigenvalue weighted by Crippen LogP contribution is 2.19. The van der Waals surface area contributed by atoms with Crippen LogP contribution in [0.3, 0.4) is 0 Å². The van der Waals surface area contributed by atoms with Crippen molar-refractivity contribution in [3.05, 3.63) is 35.5 Å². The fourth-order valence-electron chi connectivity index (χ4n) is 2.87. The Hall–Kier alpha value is -1.80. The highest BCUT2D eigenvalue weighted by molar-refractivity contribution is 7.90. The van der Waals surface area contributed by atoms with E-state index in [0.29, 0.717) is 29.3 Å². The van der Waals surface area contributed by atoms with E-state index in [1.807, 2.05) is 13.8 Å². The Kier molecular flexibility index (Phi) is 6.88. The van der Waals surface area contributed by atoms with Crippen LogP contribution in [-0.4, -0.2) is 54.6 Å². The second-order valence-electron chi connectivity index (χ2n) is 6.65. The van der Waals surface area contributed by atoms with E-state index in [1.54, 1.807) is 19.1 Å². The molecule has 26 heavy (non-hydrogen) atoms. The van der Waals surface area contributed by atoms with Crippen LogP contribution < -0.4 is 0 Å². The van der Waals surface area contributed by atoms with Crippen LogP contribution in [0.4, 0.5) is 4.39 Å². The smallest absolute Gasteiger partial charge is 0.227 e. The number of benzene rings is 1. The van der Waals surface area contributed by atoms with E-state index in [4.69, 9.17) is 4.52 Å². The highest BCUT2D eigenvalue weighted by atomic mass is 32.2. The van der Waals surface area contributed by atoms with Gasteiger partial charge in [-0.25, -0.2) is 12.8 Å². The van der Waals surface area contributed by atoms with Gasteiger partial charge in [-0.15, -0.1) is 0 Å². The Balaban J connectivity index is 1.91. The third kappa shape index (κ3) is 5.88. The number of nitrogens with zero attached hydrogens (tertiary/aromatic N) is 3. The predicted octanol–water partition coefficient (Wildman–Crippen LogP) is 2.87. The standard InChI is InChI=1S/C18H26FN3O3S/c1-5-22(14(3)12-26(4,23)24)10-6-7-17-20-18(21-25-17)15-9-8-13(2)16(19)11-15/h8-9,11,14H,5-7,10,12H2,1-4H3. The van der Waals surface area contributed by atoms with E-state index >= 15 is 0 Å². The molecule has 1 aromatic carbocycles. The molecule has 0 aliphatic carbocycles. The summed E-state index contributed by atoms with van der Waals surface area (Å²) >= 11 is 0. The van der Waals surface area contributed by atoms with Crippen molar-refractivity contribution in [3.8, 4) is 11.4 Å². The van der Waals surface area contributed by atoms with Crippen LogP contribution in [0, 0.1) is 12.7 Å². The van der Waals surface area contributed by atoms with Crippen LogP contribution in [-0.2, 0) is 16.3 Å². The quantitative estimate of drug-likeness (QED) is 0.663. The van der Waals surface area contributed by atoms with E-state index in [0.717, 1.165) is 19.5 Å². The average molecular weight is 383 g/mol. The first-order chi connectivity index (χ1) is 12.2. The van der Waals surface area contributed by atoms with Gasteiger partial charge in [0, 0.05) is 24.3 Å². The summed E-state index contributed by atoms with van der Waals surface area (Å²) in [5, 5.41) is 3.91. The monoisotopic (exact) mass is 383 g/mol. The van der Waals surface area contributed by atoms with Crippen molar-refractivity contribution in [1.82, 2.24) is 15.0 Å². The number of aryl methyl sites for hydroxylation is 2. The molecule has 0 amide bonds. The van der Waals surface area contributed by atoms with Crippen LogP contribution in [0.2, 0.25) is 0 Å². The van der Waals surface area contributed by atoms with Gasteiger partial charge in [-0.05, 0) is 45.0 Å². The van der Waals surface area contributed by atoms with Gasteiger partial charge in [-0.3, -0.25) is 4.90 Å². The summed E-state index contributed by atoms with van der Waals surface area (Å²) in [6.45, 7) is 7.14. The summed E-state index contributed by atoms with van der Waals surface area (Å²) in [7, 11) is -3.00. The van der Waals surface area contributed by atoms with Gasteiger partial charge >= 0.3 is 0 Å². The number of hydrogen-bond donors (Lipinski definition) is 0. The Bertz CT molecular complexity index is 836. The van der Waals surface area contributed by atoms with Crippen LogP contribution in [0.1, 0.15) is 31.7 Å². The molecule has 0 bridgehead atoms. The van der Waals surface area contributed by atoms with Crippen LogP contribution >= 0.6 is 0 Å². The summed E-state index contributed by atoms with van der Waals surface area (Å²) in [6.07, 6.45) is 2.61. The van der Waals surface area contributed by atoms with E-state index in [9.17, 15) is 12.8 Å². The predicted molar refractivity (Wildman–Crippen MR) is 99.2 cm³/mol. The van der Waals surface area contributed by atoms with Crippen molar-refractivity contribution in [2.75, 3.05) is 25.1 Å². The zero-order chi connectivity index (χ0) is 19.3. The normalized spacial score (nSPS) is 13.3. The number of aromatic nitrogens is 2. The van der Waals surface area contributed by atoms with Gasteiger partial charge in [-0.2, -0.15) is 4.98 Å². The molecule has 2 rings (SSSR count). The minimum absolute atomic E-state index is 0.0382. The first-order valence-corrected chi connectivity index (χ1v) is 10.8. The molecule has 2 aromatic rings. The molecule has 0 saturated heterocycles. The van der Waals surface area contributed by atoms with Gasteiger partial charge in [-0.1, -0.05) is 24.2 Å². The first-order valence-electron chi connectivity index (χ1n) is 8.70. The second kappa shape index (κ2) is 8.73. The average Bonchev–Trinajstić information content (AvgIpc) is 3.01. The summed E-state index contributed by atoms with van der Waals surface area (Å²) in [5.74, 6) is 0.710. The SMILES string of the molecule is CCN(CCCc1nc(-c2ccc(C)c(F)c2)no1)C(C)CS(C)(=O)=O. The highest BCUT2D eigenvalue weighted by Gasteiger charge is 2.17. The van der Waals surface area contributed by atoms with Crippen molar-refractivity contribution in [2.24, 2.45) is 0 Å². The molecule has 0 aliphatic rings. The lowest BCUT2D eigenvalue weighted by atomic mass is 10.1. The Morgan fingerprint density at radius 2 is 2.08 bits per heavy atom. The lowest BCUT2D eigenvalue weighted by molar-refractivity contribution is 0.229. The lowest BCUT2D eigenvalue weighted by Gasteiger charge is -2.26. The molecule has 8 heteroatoms. The summed E-state index contributed by atoms with van der Waals surface area (Å²) in [4.78, 5) is 6.44. The third-order valence-electron chi connectivity index (χ3n) is 4.31. The lowest BCUT2D eigenvalue weighted by Crippen LogP contribution is -2.38.